The molecule has 1 aliphatic carbocycles. The Morgan fingerprint density at radius 2 is 2.04 bits per heavy atom. The highest BCUT2D eigenvalue weighted by molar-refractivity contribution is 7.15. The van der Waals surface area contributed by atoms with Crippen molar-refractivity contribution in [2.24, 2.45) is 0 Å². The third-order valence-corrected chi connectivity index (χ3v) is 5.60. The molecule has 7 heteroatoms. The minimum absolute atomic E-state index is 0.0986. The lowest BCUT2D eigenvalue weighted by atomic mass is 10.0. The standard InChI is InChI=1S/C19H20N4O2S/c1-12(24)20-14-6-4-7-16-13(14)9-10-23(16)11-18(25)22-19-21-15-5-2-3-8-17(15)26-19/h4,6-7,9-10H,2-3,5,8,11H2,1H3,(H,20,24)(H,21,22,25). The Morgan fingerprint density at radius 1 is 1.19 bits per heavy atom. The smallest absolute Gasteiger partial charge is 0.246 e. The Labute approximate surface area is 155 Å². The number of rotatable bonds is 4. The third kappa shape index (κ3) is 3.35. The van der Waals surface area contributed by atoms with Crippen LogP contribution >= 0.6 is 11.3 Å². The molecule has 0 radical (unpaired) electrons. The molecule has 0 bridgehead atoms. The molecular formula is C19H20N4O2S. The van der Waals surface area contributed by atoms with Crippen molar-refractivity contribution in [3.63, 3.8) is 0 Å². The van der Waals surface area contributed by atoms with E-state index in [-0.39, 0.29) is 18.4 Å². The molecule has 2 N–H and O–H groups in total. The van der Waals surface area contributed by atoms with Gasteiger partial charge in [-0.3, -0.25) is 9.59 Å². The summed E-state index contributed by atoms with van der Waals surface area (Å²) >= 11 is 1.59. The minimum Gasteiger partial charge on any atom is -0.338 e. The lowest BCUT2D eigenvalue weighted by Crippen LogP contribution is -2.18. The van der Waals surface area contributed by atoms with Crippen molar-refractivity contribution in [1.29, 1.82) is 0 Å². The molecule has 0 saturated carbocycles. The van der Waals surface area contributed by atoms with Crippen LogP contribution in [0.25, 0.3) is 10.9 Å². The first kappa shape index (κ1) is 16.8. The van der Waals surface area contributed by atoms with Gasteiger partial charge >= 0.3 is 0 Å². The van der Waals surface area contributed by atoms with Gasteiger partial charge in [0.25, 0.3) is 0 Å². The molecule has 3 aromatic rings. The minimum atomic E-state index is -0.115. The lowest BCUT2D eigenvalue weighted by molar-refractivity contribution is -0.116. The molecule has 0 fully saturated rings. The van der Waals surface area contributed by atoms with Gasteiger partial charge in [-0.05, 0) is 43.9 Å². The number of hydrogen-bond acceptors (Lipinski definition) is 4. The van der Waals surface area contributed by atoms with E-state index in [0.717, 1.165) is 35.1 Å². The van der Waals surface area contributed by atoms with Crippen LogP contribution in [0.4, 0.5) is 10.8 Å². The number of benzene rings is 1. The molecule has 0 atom stereocenters. The number of aryl methyl sites for hydroxylation is 2. The number of thiazole rings is 1. The van der Waals surface area contributed by atoms with Gasteiger partial charge in [0.2, 0.25) is 11.8 Å². The van der Waals surface area contributed by atoms with Crippen LogP contribution in [0.15, 0.2) is 30.5 Å². The molecule has 134 valence electrons. The van der Waals surface area contributed by atoms with Crippen molar-refractivity contribution in [3.8, 4) is 0 Å². The van der Waals surface area contributed by atoms with Gasteiger partial charge < -0.3 is 15.2 Å². The summed E-state index contributed by atoms with van der Waals surface area (Å²) in [5, 5.41) is 7.36. The normalized spacial score (nSPS) is 13.4. The first-order valence-electron chi connectivity index (χ1n) is 8.74. The summed E-state index contributed by atoms with van der Waals surface area (Å²) in [6, 6.07) is 7.58. The van der Waals surface area contributed by atoms with Crippen molar-refractivity contribution in [3.05, 3.63) is 41.0 Å². The van der Waals surface area contributed by atoms with Crippen molar-refractivity contribution in [1.82, 2.24) is 9.55 Å². The van der Waals surface area contributed by atoms with Gasteiger partial charge in [0.05, 0.1) is 16.9 Å². The van der Waals surface area contributed by atoms with Crippen molar-refractivity contribution >= 4 is 44.9 Å². The summed E-state index contributed by atoms with van der Waals surface area (Å²) in [5.41, 5.74) is 2.80. The van der Waals surface area contributed by atoms with E-state index in [4.69, 9.17) is 0 Å². The number of carbonyl (C=O) groups excluding carboxylic acids is 2. The van der Waals surface area contributed by atoms with Gasteiger partial charge in [-0.15, -0.1) is 11.3 Å². The number of aromatic nitrogens is 2. The Morgan fingerprint density at radius 3 is 2.85 bits per heavy atom. The number of nitrogens with zero attached hydrogens (tertiary/aromatic N) is 2. The molecule has 2 amide bonds. The zero-order valence-corrected chi connectivity index (χ0v) is 15.4. The molecule has 26 heavy (non-hydrogen) atoms. The molecule has 4 rings (SSSR count). The Hall–Kier alpha value is -2.67. The van der Waals surface area contributed by atoms with Crippen LogP contribution in [0.5, 0.6) is 0 Å². The van der Waals surface area contributed by atoms with Crippen LogP contribution in [0.3, 0.4) is 0 Å². The van der Waals surface area contributed by atoms with Crippen molar-refractivity contribution in [2.75, 3.05) is 10.6 Å². The van der Waals surface area contributed by atoms with E-state index < -0.39 is 0 Å². The summed E-state index contributed by atoms with van der Waals surface area (Å²) in [7, 11) is 0. The molecular weight excluding hydrogens is 348 g/mol. The van der Waals surface area contributed by atoms with Crippen LogP contribution in [0, 0.1) is 0 Å². The lowest BCUT2D eigenvalue weighted by Gasteiger charge is -2.07. The van der Waals surface area contributed by atoms with E-state index in [1.165, 1.54) is 24.6 Å². The van der Waals surface area contributed by atoms with Gasteiger partial charge in [0.15, 0.2) is 5.13 Å². The summed E-state index contributed by atoms with van der Waals surface area (Å²) in [4.78, 5) is 29.7. The Balaban J connectivity index is 1.51. The quantitative estimate of drug-likeness (QED) is 0.739. The summed E-state index contributed by atoms with van der Waals surface area (Å²) in [6.45, 7) is 1.69. The average Bonchev–Trinajstić information content (AvgIpc) is 3.18. The topological polar surface area (TPSA) is 76.0 Å². The maximum absolute atomic E-state index is 12.5. The SMILES string of the molecule is CC(=O)Nc1cccc2c1ccn2CC(=O)Nc1nc2c(s1)CCCC2. The van der Waals surface area contributed by atoms with E-state index in [1.54, 1.807) is 11.3 Å². The molecule has 2 heterocycles. The fraction of sp³-hybridized carbons (Fsp3) is 0.316. The monoisotopic (exact) mass is 368 g/mol. The first-order chi connectivity index (χ1) is 12.6. The Bertz CT molecular complexity index is 965. The zero-order valence-electron chi connectivity index (χ0n) is 14.5. The van der Waals surface area contributed by atoms with E-state index in [9.17, 15) is 9.59 Å². The fourth-order valence-electron chi connectivity index (χ4n) is 3.38. The average molecular weight is 368 g/mol. The second-order valence-corrected chi connectivity index (χ2v) is 7.59. The molecule has 0 saturated heterocycles. The van der Waals surface area contributed by atoms with Gasteiger partial charge in [-0.25, -0.2) is 4.98 Å². The van der Waals surface area contributed by atoms with Gasteiger partial charge in [0, 0.05) is 23.4 Å². The molecule has 1 aromatic carbocycles. The highest BCUT2D eigenvalue weighted by Crippen LogP contribution is 2.29. The largest absolute Gasteiger partial charge is 0.338 e. The molecule has 2 aromatic heterocycles. The zero-order chi connectivity index (χ0) is 18.1. The van der Waals surface area contributed by atoms with Crippen LogP contribution < -0.4 is 10.6 Å². The summed E-state index contributed by atoms with van der Waals surface area (Å²) in [6.07, 6.45) is 6.32. The molecule has 0 unspecified atom stereocenters. The van der Waals surface area contributed by atoms with E-state index in [2.05, 4.69) is 15.6 Å². The van der Waals surface area contributed by atoms with E-state index in [1.807, 2.05) is 35.0 Å². The van der Waals surface area contributed by atoms with Crippen LogP contribution in [-0.2, 0) is 29.0 Å². The molecule has 6 nitrogen and oxygen atoms in total. The predicted octanol–water partition coefficient (Wildman–Crippen LogP) is 3.57. The third-order valence-electron chi connectivity index (χ3n) is 4.53. The maximum atomic E-state index is 12.5. The number of anilines is 2. The second kappa shape index (κ2) is 6.92. The highest BCUT2D eigenvalue weighted by atomic mass is 32.1. The second-order valence-electron chi connectivity index (χ2n) is 6.51. The predicted molar refractivity (Wildman–Crippen MR) is 104 cm³/mol. The molecule has 0 spiro atoms. The van der Waals surface area contributed by atoms with E-state index in [0.29, 0.717) is 5.13 Å². The fourth-order valence-corrected chi connectivity index (χ4v) is 4.44. The molecule has 0 aliphatic heterocycles. The highest BCUT2D eigenvalue weighted by Gasteiger charge is 2.17. The molecule has 1 aliphatic rings. The Kier molecular flexibility index (Phi) is 4.46. The number of fused-ring (bicyclic) bond motifs is 2. The summed E-state index contributed by atoms with van der Waals surface area (Å²) in [5.74, 6) is -0.214. The van der Waals surface area contributed by atoms with E-state index >= 15 is 0 Å². The van der Waals surface area contributed by atoms with Crippen molar-refractivity contribution < 1.29 is 9.59 Å². The maximum Gasteiger partial charge on any atom is 0.246 e. The van der Waals surface area contributed by atoms with Gasteiger partial charge in [-0.2, -0.15) is 0 Å². The van der Waals surface area contributed by atoms with Crippen molar-refractivity contribution in [2.45, 2.75) is 39.2 Å². The number of nitrogens with one attached hydrogen (secondary N) is 2. The van der Waals surface area contributed by atoms with Gasteiger partial charge in [-0.1, -0.05) is 6.07 Å². The van der Waals surface area contributed by atoms with Gasteiger partial charge in [0.1, 0.15) is 6.54 Å². The van der Waals surface area contributed by atoms with Crippen LogP contribution in [0.1, 0.15) is 30.3 Å². The number of amides is 2. The first-order valence-corrected chi connectivity index (χ1v) is 9.55. The number of carbonyl (C=O) groups is 2. The number of hydrogen-bond donors (Lipinski definition) is 2. The van der Waals surface area contributed by atoms with Crippen LogP contribution in [0.2, 0.25) is 0 Å². The summed E-state index contributed by atoms with van der Waals surface area (Å²) < 4.78 is 1.88. The van der Waals surface area contributed by atoms with Crippen LogP contribution in [-0.4, -0.2) is 21.4 Å².